The number of carbonyl (C=O) groups is 1. The third-order valence-electron chi connectivity index (χ3n) is 6.66. The normalized spacial score (nSPS) is 13.3. The molecule has 1 saturated heterocycles. The van der Waals surface area contributed by atoms with E-state index >= 15 is 0 Å². The number of methoxy groups -OCH3 is 2. The number of hydrogen-bond acceptors (Lipinski definition) is 7. The number of amides is 1. The summed E-state index contributed by atoms with van der Waals surface area (Å²) in [7, 11) is 3.12. The van der Waals surface area contributed by atoms with Gasteiger partial charge in [-0.1, -0.05) is 17.7 Å². The zero-order valence-corrected chi connectivity index (χ0v) is 22.2. The van der Waals surface area contributed by atoms with Crippen molar-refractivity contribution in [3.8, 4) is 28.4 Å². The van der Waals surface area contributed by atoms with Gasteiger partial charge in [0.1, 0.15) is 17.2 Å². The zero-order chi connectivity index (χ0) is 27.5. The number of anilines is 1. The Balaban J connectivity index is 1.48. The van der Waals surface area contributed by atoms with Crippen molar-refractivity contribution in [2.45, 2.75) is 0 Å². The van der Waals surface area contributed by atoms with Crippen molar-refractivity contribution >= 4 is 28.9 Å². The molecule has 2 heterocycles. The highest BCUT2D eigenvalue weighted by Gasteiger charge is 2.27. The van der Waals surface area contributed by atoms with E-state index in [1.807, 2.05) is 30.3 Å². The fraction of sp³-hybridized carbons (Fsp3) is 0.214. The number of hydrogen-bond donors (Lipinski definition) is 0. The van der Waals surface area contributed by atoms with Crippen molar-refractivity contribution in [1.29, 1.82) is 0 Å². The lowest BCUT2D eigenvalue weighted by Gasteiger charge is -2.36. The highest BCUT2D eigenvalue weighted by molar-refractivity contribution is 6.30. The van der Waals surface area contributed by atoms with Crippen molar-refractivity contribution in [3.63, 3.8) is 0 Å². The van der Waals surface area contributed by atoms with E-state index in [1.165, 1.54) is 16.8 Å². The molecule has 0 bridgehead atoms. The van der Waals surface area contributed by atoms with Crippen LogP contribution in [0.15, 0.2) is 72.8 Å². The monoisotopic (exact) mass is 547 g/mol. The van der Waals surface area contributed by atoms with Gasteiger partial charge in [-0.05, 0) is 48.5 Å². The van der Waals surface area contributed by atoms with E-state index < -0.39 is 4.92 Å². The lowest BCUT2D eigenvalue weighted by atomic mass is 10.1. The van der Waals surface area contributed by atoms with E-state index in [2.05, 4.69) is 4.90 Å². The maximum atomic E-state index is 13.8. The molecule has 3 aromatic carbocycles. The lowest BCUT2D eigenvalue weighted by Crippen LogP contribution is -2.49. The molecule has 1 amide bonds. The summed E-state index contributed by atoms with van der Waals surface area (Å²) in [6.45, 7) is 2.32. The number of ether oxygens (including phenoxy) is 2. The molecule has 0 unspecified atom stereocenters. The second-order valence-corrected chi connectivity index (χ2v) is 9.36. The van der Waals surface area contributed by atoms with Gasteiger partial charge in [-0.3, -0.25) is 14.9 Å². The Morgan fingerprint density at radius 3 is 2.31 bits per heavy atom. The standard InChI is InChI=1S/C28H26ClN5O5/c1-38-23-10-11-24(27(17-23)39-2)25-18-26(33(30-25)20-6-8-21(9-7-20)34(36)37)28(35)32-14-12-31(13-15-32)22-5-3-4-19(29)16-22/h3-11,16-18H,12-15H2,1-2H3. The number of aromatic nitrogens is 2. The van der Waals surface area contributed by atoms with Crippen LogP contribution >= 0.6 is 11.6 Å². The number of rotatable bonds is 7. The van der Waals surface area contributed by atoms with Gasteiger partial charge >= 0.3 is 0 Å². The summed E-state index contributed by atoms with van der Waals surface area (Å²) < 4.78 is 12.4. The summed E-state index contributed by atoms with van der Waals surface area (Å²) in [6, 6.07) is 20.7. The smallest absolute Gasteiger partial charge is 0.272 e. The van der Waals surface area contributed by atoms with Crippen LogP contribution in [-0.4, -0.2) is 65.9 Å². The number of nitrogens with zero attached hydrogens (tertiary/aromatic N) is 5. The predicted molar refractivity (Wildman–Crippen MR) is 148 cm³/mol. The summed E-state index contributed by atoms with van der Waals surface area (Å²) in [5.74, 6) is 0.974. The Labute approximate surface area is 230 Å². The van der Waals surface area contributed by atoms with Crippen LogP contribution in [0, 0.1) is 10.1 Å². The molecule has 5 rings (SSSR count). The number of carbonyl (C=O) groups excluding carboxylic acids is 1. The lowest BCUT2D eigenvalue weighted by molar-refractivity contribution is -0.384. The van der Waals surface area contributed by atoms with Gasteiger partial charge in [0.15, 0.2) is 0 Å². The molecular weight excluding hydrogens is 522 g/mol. The van der Waals surface area contributed by atoms with Crippen LogP contribution in [0.1, 0.15) is 10.5 Å². The quantitative estimate of drug-likeness (QED) is 0.235. The number of nitro benzene ring substituents is 1. The summed E-state index contributed by atoms with van der Waals surface area (Å²) >= 11 is 6.16. The molecule has 0 saturated carbocycles. The number of piperazine rings is 1. The minimum absolute atomic E-state index is 0.0482. The van der Waals surface area contributed by atoms with E-state index in [4.69, 9.17) is 26.2 Å². The van der Waals surface area contributed by atoms with Crippen LogP contribution in [0.25, 0.3) is 16.9 Å². The Hall–Kier alpha value is -4.57. The molecule has 200 valence electrons. The minimum atomic E-state index is -0.466. The van der Waals surface area contributed by atoms with Gasteiger partial charge in [0, 0.05) is 60.7 Å². The van der Waals surface area contributed by atoms with Gasteiger partial charge in [-0.2, -0.15) is 5.10 Å². The molecule has 0 aliphatic carbocycles. The van der Waals surface area contributed by atoms with Gasteiger partial charge in [0.25, 0.3) is 11.6 Å². The third-order valence-corrected chi connectivity index (χ3v) is 6.89. The Morgan fingerprint density at radius 2 is 1.67 bits per heavy atom. The number of non-ortho nitro benzene ring substituents is 1. The molecule has 10 nitrogen and oxygen atoms in total. The maximum absolute atomic E-state index is 13.8. The van der Waals surface area contributed by atoms with Crippen molar-refractivity contribution in [1.82, 2.24) is 14.7 Å². The molecule has 0 spiro atoms. The predicted octanol–water partition coefficient (Wildman–Crippen LogP) is 5.08. The molecule has 39 heavy (non-hydrogen) atoms. The third kappa shape index (κ3) is 5.37. The van der Waals surface area contributed by atoms with Gasteiger partial charge < -0.3 is 19.3 Å². The zero-order valence-electron chi connectivity index (χ0n) is 21.4. The van der Waals surface area contributed by atoms with E-state index in [9.17, 15) is 14.9 Å². The van der Waals surface area contributed by atoms with Gasteiger partial charge in [0.05, 0.1) is 30.5 Å². The number of halogens is 1. The van der Waals surface area contributed by atoms with Crippen molar-refractivity contribution in [3.05, 3.63) is 93.6 Å². The molecule has 1 aliphatic heterocycles. The Morgan fingerprint density at radius 1 is 0.923 bits per heavy atom. The Bertz CT molecular complexity index is 1510. The summed E-state index contributed by atoms with van der Waals surface area (Å²) in [5.41, 5.74) is 3.04. The first kappa shape index (κ1) is 26.1. The van der Waals surface area contributed by atoms with Crippen LogP contribution in [0.5, 0.6) is 11.5 Å². The number of benzene rings is 3. The van der Waals surface area contributed by atoms with Crippen LogP contribution in [0.3, 0.4) is 0 Å². The molecule has 11 heteroatoms. The second kappa shape index (κ2) is 11.0. The highest BCUT2D eigenvalue weighted by atomic mass is 35.5. The molecule has 1 fully saturated rings. The summed E-state index contributed by atoms with van der Waals surface area (Å²) in [4.78, 5) is 28.5. The molecule has 1 aliphatic rings. The highest BCUT2D eigenvalue weighted by Crippen LogP contribution is 2.34. The first-order chi connectivity index (χ1) is 18.9. The largest absolute Gasteiger partial charge is 0.497 e. The van der Waals surface area contributed by atoms with Crippen LogP contribution < -0.4 is 14.4 Å². The fourth-order valence-corrected chi connectivity index (χ4v) is 4.77. The van der Waals surface area contributed by atoms with Crippen molar-refractivity contribution < 1.29 is 19.2 Å². The first-order valence-electron chi connectivity index (χ1n) is 12.2. The average molecular weight is 548 g/mol. The van der Waals surface area contributed by atoms with E-state index in [0.717, 1.165) is 5.69 Å². The Kier molecular flexibility index (Phi) is 7.38. The second-order valence-electron chi connectivity index (χ2n) is 8.93. The summed E-state index contributed by atoms with van der Waals surface area (Å²) in [5, 5.41) is 16.6. The SMILES string of the molecule is COc1ccc(-c2cc(C(=O)N3CCN(c4cccc(Cl)c4)CC3)n(-c3ccc([N+](=O)[O-])cc3)n2)c(OC)c1. The molecule has 4 aromatic rings. The van der Waals surface area contributed by atoms with Crippen LogP contribution in [0.4, 0.5) is 11.4 Å². The van der Waals surface area contributed by atoms with Crippen molar-refractivity contribution in [2.75, 3.05) is 45.3 Å². The fourth-order valence-electron chi connectivity index (χ4n) is 4.59. The van der Waals surface area contributed by atoms with Gasteiger partial charge in [0.2, 0.25) is 0 Å². The topological polar surface area (TPSA) is 103 Å². The van der Waals surface area contributed by atoms with Gasteiger partial charge in [-0.25, -0.2) is 4.68 Å². The maximum Gasteiger partial charge on any atom is 0.272 e. The van der Waals surface area contributed by atoms with Gasteiger partial charge in [-0.15, -0.1) is 0 Å². The average Bonchev–Trinajstić information content (AvgIpc) is 3.42. The summed E-state index contributed by atoms with van der Waals surface area (Å²) in [6.07, 6.45) is 0. The molecular formula is C28H26ClN5O5. The molecule has 0 atom stereocenters. The molecule has 0 N–H and O–H groups in total. The minimum Gasteiger partial charge on any atom is -0.497 e. The van der Waals surface area contributed by atoms with Crippen LogP contribution in [-0.2, 0) is 0 Å². The molecule has 0 radical (unpaired) electrons. The molecule has 1 aromatic heterocycles. The van der Waals surface area contributed by atoms with E-state index in [0.29, 0.717) is 65.3 Å². The number of nitro groups is 1. The van der Waals surface area contributed by atoms with E-state index in [-0.39, 0.29) is 11.6 Å². The van der Waals surface area contributed by atoms with Crippen LogP contribution in [0.2, 0.25) is 5.02 Å². The van der Waals surface area contributed by atoms with Crippen molar-refractivity contribution in [2.24, 2.45) is 0 Å². The first-order valence-corrected chi connectivity index (χ1v) is 12.6. The van der Waals surface area contributed by atoms with E-state index in [1.54, 1.807) is 49.5 Å².